The van der Waals surface area contributed by atoms with E-state index in [1.165, 1.54) is 18.3 Å². The molecule has 0 radical (unpaired) electrons. The third-order valence-electron chi connectivity index (χ3n) is 2.66. The Balaban J connectivity index is 1.84. The van der Waals surface area contributed by atoms with Gasteiger partial charge in [0.25, 0.3) is 0 Å². The van der Waals surface area contributed by atoms with Gasteiger partial charge in [-0.05, 0) is 42.4 Å². The van der Waals surface area contributed by atoms with Crippen molar-refractivity contribution >= 4 is 23.1 Å². The molecule has 2 rings (SSSR count). The van der Waals surface area contributed by atoms with Crippen LogP contribution in [0.1, 0.15) is 11.1 Å². The number of rotatable bonds is 4. The average molecular weight is 301 g/mol. The fourth-order valence-electron chi connectivity index (χ4n) is 1.68. The van der Waals surface area contributed by atoms with E-state index in [9.17, 15) is 4.39 Å². The lowest BCUT2D eigenvalue weighted by Crippen LogP contribution is -2.30. The largest absolute Gasteiger partial charge is 0.362 e. The quantitative estimate of drug-likeness (QED) is 0.842. The summed E-state index contributed by atoms with van der Waals surface area (Å²) in [4.78, 5) is 0. The molecule has 0 aliphatic heterocycles. The summed E-state index contributed by atoms with van der Waals surface area (Å²) >= 11 is 5.11. The third-order valence-corrected chi connectivity index (χ3v) is 2.91. The van der Waals surface area contributed by atoms with Crippen LogP contribution in [0.4, 0.5) is 10.2 Å². The van der Waals surface area contributed by atoms with Gasteiger partial charge in [-0.25, -0.2) is 4.39 Å². The molecule has 5 nitrogen and oxygen atoms in total. The summed E-state index contributed by atoms with van der Waals surface area (Å²) in [5.74, 6) is 0.0506. The first kappa shape index (κ1) is 14.8. The summed E-state index contributed by atoms with van der Waals surface area (Å²) in [5, 5.41) is 22.5. The van der Waals surface area contributed by atoms with Crippen LogP contribution in [0.3, 0.4) is 0 Å². The van der Waals surface area contributed by atoms with E-state index in [0.717, 1.165) is 5.56 Å². The normalized spacial score (nSPS) is 9.71. The van der Waals surface area contributed by atoms with Crippen molar-refractivity contribution in [3.63, 3.8) is 0 Å². The van der Waals surface area contributed by atoms with Crippen LogP contribution in [0, 0.1) is 17.1 Å². The Morgan fingerprint density at radius 2 is 2.24 bits per heavy atom. The predicted octanol–water partition coefficient (Wildman–Crippen LogP) is 2.02. The Hall–Kier alpha value is -2.59. The number of halogens is 1. The lowest BCUT2D eigenvalue weighted by atomic mass is 10.1. The van der Waals surface area contributed by atoms with Crippen LogP contribution in [0.25, 0.3) is 0 Å². The van der Waals surface area contributed by atoms with Gasteiger partial charge in [0, 0.05) is 6.54 Å². The van der Waals surface area contributed by atoms with Crippen molar-refractivity contribution < 1.29 is 4.39 Å². The standard InChI is InChI=1S/C14H12FN5S/c15-12-3-1-2-10(8-12)4-6-17-14(21)19-13-11(9-16)5-7-18-20-13/h1-3,5,7-8H,4,6H2,(H2,17,19,20,21). The highest BCUT2D eigenvalue weighted by atomic mass is 32.1. The van der Waals surface area contributed by atoms with Crippen molar-refractivity contribution in [3.05, 3.63) is 53.5 Å². The van der Waals surface area contributed by atoms with Gasteiger partial charge in [0.15, 0.2) is 10.9 Å². The van der Waals surface area contributed by atoms with E-state index in [1.54, 1.807) is 12.1 Å². The van der Waals surface area contributed by atoms with Gasteiger partial charge in [0.2, 0.25) is 0 Å². The van der Waals surface area contributed by atoms with E-state index in [2.05, 4.69) is 20.8 Å². The van der Waals surface area contributed by atoms with Gasteiger partial charge in [-0.3, -0.25) is 0 Å². The number of nitrogens with one attached hydrogen (secondary N) is 2. The summed E-state index contributed by atoms with van der Waals surface area (Å²) in [7, 11) is 0. The molecule has 0 aliphatic rings. The molecule has 1 heterocycles. The van der Waals surface area contributed by atoms with Crippen LogP contribution in [0.5, 0.6) is 0 Å². The molecule has 1 aromatic heterocycles. The molecule has 2 aromatic rings. The Morgan fingerprint density at radius 3 is 3.00 bits per heavy atom. The van der Waals surface area contributed by atoms with E-state index < -0.39 is 0 Å². The minimum atomic E-state index is -0.258. The zero-order chi connectivity index (χ0) is 15.1. The molecule has 106 valence electrons. The van der Waals surface area contributed by atoms with Gasteiger partial charge in [-0.15, -0.1) is 5.10 Å². The number of aromatic nitrogens is 2. The summed E-state index contributed by atoms with van der Waals surface area (Å²) in [6, 6.07) is 9.94. The Morgan fingerprint density at radius 1 is 1.38 bits per heavy atom. The SMILES string of the molecule is N#Cc1ccnnc1NC(=S)NCCc1cccc(F)c1. The van der Waals surface area contributed by atoms with Crippen molar-refractivity contribution in [2.45, 2.75) is 6.42 Å². The lowest BCUT2D eigenvalue weighted by molar-refractivity contribution is 0.625. The molecule has 0 bridgehead atoms. The van der Waals surface area contributed by atoms with Crippen LogP contribution in [-0.2, 0) is 6.42 Å². The summed E-state index contributed by atoms with van der Waals surface area (Å²) in [5.41, 5.74) is 1.24. The second-order valence-corrected chi connectivity index (χ2v) is 4.57. The molecular formula is C14H12FN5S. The van der Waals surface area contributed by atoms with Gasteiger partial charge in [-0.2, -0.15) is 10.4 Å². The molecule has 0 saturated heterocycles. The van der Waals surface area contributed by atoms with Gasteiger partial charge in [-0.1, -0.05) is 12.1 Å². The average Bonchev–Trinajstić information content (AvgIpc) is 2.48. The molecule has 7 heteroatoms. The van der Waals surface area contributed by atoms with E-state index in [1.807, 2.05) is 12.1 Å². The molecular weight excluding hydrogens is 289 g/mol. The molecule has 0 aliphatic carbocycles. The Bertz CT molecular complexity index is 683. The number of nitriles is 1. The van der Waals surface area contributed by atoms with E-state index in [-0.39, 0.29) is 5.82 Å². The molecule has 0 spiro atoms. The second-order valence-electron chi connectivity index (χ2n) is 4.17. The number of thiocarbonyl (C=S) groups is 1. The minimum absolute atomic E-state index is 0.258. The highest BCUT2D eigenvalue weighted by molar-refractivity contribution is 7.80. The first-order valence-corrected chi connectivity index (χ1v) is 6.61. The second kappa shape index (κ2) is 7.26. The van der Waals surface area contributed by atoms with Crippen molar-refractivity contribution in [1.82, 2.24) is 15.5 Å². The molecule has 0 fully saturated rings. The molecule has 0 atom stereocenters. The van der Waals surface area contributed by atoms with Crippen LogP contribution in [0.15, 0.2) is 36.5 Å². The van der Waals surface area contributed by atoms with Crippen LogP contribution < -0.4 is 10.6 Å². The van der Waals surface area contributed by atoms with Crippen molar-refractivity contribution in [2.24, 2.45) is 0 Å². The summed E-state index contributed by atoms with van der Waals surface area (Å²) in [6.45, 7) is 0.539. The van der Waals surface area contributed by atoms with Gasteiger partial charge < -0.3 is 10.6 Å². The van der Waals surface area contributed by atoms with Crippen LogP contribution in [-0.4, -0.2) is 21.9 Å². The number of anilines is 1. The van der Waals surface area contributed by atoms with E-state index >= 15 is 0 Å². The Kier molecular flexibility index (Phi) is 5.12. The highest BCUT2D eigenvalue weighted by Crippen LogP contribution is 2.08. The maximum Gasteiger partial charge on any atom is 0.172 e. The van der Waals surface area contributed by atoms with Gasteiger partial charge in [0.1, 0.15) is 11.9 Å². The smallest absolute Gasteiger partial charge is 0.172 e. The lowest BCUT2D eigenvalue weighted by Gasteiger charge is -2.10. The fraction of sp³-hybridized carbons (Fsp3) is 0.143. The number of benzene rings is 1. The van der Waals surface area contributed by atoms with E-state index in [0.29, 0.717) is 29.5 Å². The number of nitrogens with zero attached hydrogens (tertiary/aromatic N) is 3. The van der Waals surface area contributed by atoms with Crippen molar-refractivity contribution in [2.75, 3.05) is 11.9 Å². The maximum atomic E-state index is 13.0. The molecule has 2 N–H and O–H groups in total. The summed E-state index contributed by atoms with van der Waals surface area (Å²) in [6.07, 6.45) is 2.06. The highest BCUT2D eigenvalue weighted by Gasteiger charge is 2.05. The van der Waals surface area contributed by atoms with E-state index in [4.69, 9.17) is 17.5 Å². The number of hydrogen-bond donors (Lipinski definition) is 2. The summed E-state index contributed by atoms with van der Waals surface area (Å²) < 4.78 is 13.0. The third kappa shape index (κ3) is 4.47. The molecule has 0 amide bonds. The monoisotopic (exact) mass is 301 g/mol. The van der Waals surface area contributed by atoms with Gasteiger partial charge in [0.05, 0.1) is 11.8 Å². The van der Waals surface area contributed by atoms with Gasteiger partial charge >= 0.3 is 0 Å². The first-order valence-electron chi connectivity index (χ1n) is 6.20. The zero-order valence-electron chi connectivity index (χ0n) is 11.0. The molecule has 0 saturated carbocycles. The minimum Gasteiger partial charge on any atom is -0.362 e. The zero-order valence-corrected chi connectivity index (χ0v) is 11.8. The predicted molar refractivity (Wildman–Crippen MR) is 81.1 cm³/mol. The van der Waals surface area contributed by atoms with Crippen molar-refractivity contribution in [1.29, 1.82) is 5.26 Å². The Labute approximate surface area is 126 Å². The molecule has 1 aromatic carbocycles. The number of hydrogen-bond acceptors (Lipinski definition) is 4. The maximum absolute atomic E-state index is 13.0. The topological polar surface area (TPSA) is 73.6 Å². The fourth-order valence-corrected chi connectivity index (χ4v) is 1.88. The molecule has 0 unspecified atom stereocenters. The first-order chi connectivity index (χ1) is 10.2. The van der Waals surface area contributed by atoms with Crippen molar-refractivity contribution in [3.8, 4) is 6.07 Å². The van der Waals surface area contributed by atoms with Crippen LogP contribution in [0.2, 0.25) is 0 Å². The molecule has 21 heavy (non-hydrogen) atoms. The van der Waals surface area contributed by atoms with Crippen LogP contribution >= 0.6 is 12.2 Å².